The summed E-state index contributed by atoms with van der Waals surface area (Å²) < 4.78 is 5.27. The molecule has 6 heteroatoms. The standard InChI is InChI=1S/C11H12BrNO4/c1-2-17-11-8(6-9(14)7-12)4-3-5-10(11)13(15)16/h3-5H,2,6-7H2,1H3. The second-order valence-electron chi connectivity index (χ2n) is 3.30. The molecule has 5 nitrogen and oxygen atoms in total. The van der Waals surface area contributed by atoms with Gasteiger partial charge in [-0.25, -0.2) is 0 Å². The number of nitrogens with zero attached hydrogens (tertiary/aromatic N) is 1. The van der Waals surface area contributed by atoms with Crippen molar-refractivity contribution in [1.29, 1.82) is 0 Å². The van der Waals surface area contributed by atoms with Crippen molar-refractivity contribution in [2.75, 3.05) is 11.9 Å². The van der Waals surface area contributed by atoms with Crippen LogP contribution in [0.3, 0.4) is 0 Å². The topological polar surface area (TPSA) is 69.4 Å². The van der Waals surface area contributed by atoms with E-state index < -0.39 is 4.92 Å². The van der Waals surface area contributed by atoms with Crippen LogP contribution in [0, 0.1) is 10.1 Å². The monoisotopic (exact) mass is 301 g/mol. The third-order valence-electron chi connectivity index (χ3n) is 2.10. The number of alkyl halides is 1. The lowest BCUT2D eigenvalue weighted by atomic mass is 10.1. The summed E-state index contributed by atoms with van der Waals surface area (Å²) in [6, 6.07) is 4.59. The number of nitro benzene ring substituents is 1. The Balaban J connectivity index is 3.14. The molecule has 1 rings (SSSR count). The fraction of sp³-hybridized carbons (Fsp3) is 0.364. The van der Waals surface area contributed by atoms with Crippen LogP contribution in [0.2, 0.25) is 0 Å². The number of Topliss-reactive ketones (excluding diaryl/α,β-unsaturated/α-hetero) is 1. The Bertz CT molecular complexity index is 433. The number of benzene rings is 1. The Kier molecular flexibility index (Phi) is 5.09. The summed E-state index contributed by atoms with van der Waals surface area (Å²) in [6.45, 7) is 2.06. The molecule has 0 unspecified atom stereocenters. The van der Waals surface area contributed by atoms with E-state index in [-0.39, 0.29) is 29.0 Å². The Morgan fingerprint density at radius 2 is 2.24 bits per heavy atom. The van der Waals surface area contributed by atoms with Gasteiger partial charge >= 0.3 is 5.69 Å². The van der Waals surface area contributed by atoms with Gasteiger partial charge in [0.05, 0.1) is 16.9 Å². The van der Waals surface area contributed by atoms with Crippen molar-refractivity contribution in [3.05, 3.63) is 33.9 Å². The lowest BCUT2D eigenvalue weighted by Gasteiger charge is -2.09. The highest BCUT2D eigenvalue weighted by Gasteiger charge is 2.19. The summed E-state index contributed by atoms with van der Waals surface area (Å²) in [5.74, 6) is 0.140. The SMILES string of the molecule is CCOc1c(CC(=O)CBr)cccc1[N+](=O)[O-]. The number of carbonyl (C=O) groups excluding carboxylic acids is 1. The first kappa shape index (κ1) is 13.6. The van der Waals surface area contributed by atoms with E-state index >= 15 is 0 Å². The molecule has 92 valence electrons. The summed E-state index contributed by atoms with van der Waals surface area (Å²) in [4.78, 5) is 21.7. The third kappa shape index (κ3) is 3.52. The first-order valence-corrected chi connectivity index (χ1v) is 6.19. The summed E-state index contributed by atoms with van der Waals surface area (Å²) >= 11 is 3.06. The van der Waals surface area contributed by atoms with E-state index in [1.54, 1.807) is 19.1 Å². The Labute approximate surface area is 107 Å². The van der Waals surface area contributed by atoms with Gasteiger partial charge in [0.1, 0.15) is 5.78 Å². The maximum absolute atomic E-state index is 11.3. The molecule has 0 N–H and O–H groups in total. The number of hydrogen-bond donors (Lipinski definition) is 0. The van der Waals surface area contributed by atoms with E-state index in [0.717, 1.165) is 0 Å². The van der Waals surface area contributed by atoms with Crippen LogP contribution in [0.4, 0.5) is 5.69 Å². The highest BCUT2D eigenvalue weighted by Crippen LogP contribution is 2.31. The number of para-hydroxylation sites is 1. The lowest BCUT2D eigenvalue weighted by molar-refractivity contribution is -0.385. The Morgan fingerprint density at radius 1 is 1.53 bits per heavy atom. The van der Waals surface area contributed by atoms with Crippen molar-refractivity contribution >= 4 is 27.4 Å². The number of halogens is 1. The molecule has 0 saturated heterocycles. The van der Waals surface area contributed by atoms with Gasteiger partial charge in [-0.3, -0.25) is 14.9 Å². The number of nitro groups is 1. The van der Waals surface area contributed by atoms with E-state index in [9.17, 15) is 14.9 Å². The molecule has 17 heavy (non-hydrogen) atoms. The smallest absolute Gasteiger partial charge is 0.311 e. The summed E-state index contributed by atoms with van der Waals surface area (Å²) in [7, 11) is 0. The van der Waals surface area contributed by atoms with Crippen LogP contribution < -0.4 is 4.74 Å². The van der Waals surface area contributed by atoms with E-state index in [1.165, 1.54) is 6.07 Å². The van der Waals surface area contributed by atoms with Crippen molar-refractivity contribution in [2.24, 2.45) is 0 Å². The minimum Gasteiger partial charge on any atom is -0.487 e. The van der Waals surface area contributed by atoms with Crippen LogP contribution in [0.5, 0.6) is 5.75 Å². The number of ether oxygens (including phenoxy) is 1. The van der Waals surface area contributed by atoms with Gasteiger partial charge in [-0.05, 0) is 6.92 Å². The predicted octanol–water partition coefficient (Wildman–Crippen LogP) is 2.50. The van der Waals surface area contributed by atoms with Gasteiger partial charge in [0.15, 0.2) is 0 Å². The van der Waals surface area contributed by atoms with E-state index in [2.05, 4.69) is 15.9 Å². The molecule has 0 spiro atoms. The minimum absolute atomic E-state index is 0.0496. The lowest BCUT2D eigenvalue weighted by Crippen LogP contribution is -2.07. The quantitative estimate of drug-likeness (QED) is 0.460. The third-order valence-corrected chi connectivity index (χ3v) is 2.72. The molecule has 0 bridgehead atoms. The normalized spacial score (nSPS) is 10.0. The van der Waals surface area contributed by atoms with E-state index in [1.807, 2.05) is 0 Å². The summed E-state index contributed by atoms with van der Waals surface area (Å²) in [6.07, 6.45) is 0.127. The van der Waals surface area contributed by atoms with Crippen LogP contribution in [-0.4, -0.2) is 22.6 Å². The van der Waals surface area contributed by atoms with E-state index in [4.69, 9.17) is 4.74 Å². The molecule has 0 amide bonds. The fourth-order valence-electron chi connectivity index (χ4n) is 1.42. The molecule has 1 aromatic rings. The molecule has 0 radical (unpaired) electrons. The van der Waals surface area contributed by atoms with Crippen molar-refractivity contribution in [3.8, 4) is 5.75 Å². The zero-order chi connectivity index (χ0) is 12.8. The number of carbonyl (C=O) groups is 1. The van der Waals surface area contributed by atoms with Crippen LogP contribution in [0.25, 0.3) is 0 Å². The maximum atomic E-state index is 11.3. The van der Waals surface area contributed by atoms with Gasteiger partial charge in [-0.1, -0.05) is 28.1 Å². The molecule has 1 aromatic carbocycles. The molecule has 0 aromatic heterocycles. The highest BCUT2D eigenvalue weighted by molar-refractivity contribution is 9.09. The molecule has 0 aliphatic heterocycles. The first-order chi connectivity index (χ1) is 8.10. The average molecular weight is 302 g/mol. The van der Waals surface area contributed by atoms with Gasteiger partial charge < -0.3 is 4.74 Å². The van der Waals surface area contributed by atoms with Crippen LogP contribution in [0.1, 0.15) is 12.5 Å². The Morgan fingerprint density at radius 3 is 2.76 bits per heavy atom. The van der Waals surface area contributed by atoms with Gasteiger partial charge in [0.2, 0.25) is 5.75 Å². The number of rotatable bonds is 6. The molecule has 0 saturated carbocycles. The number of hydrogen-bond acceptors (Lipinski definition) is 4. The summed E-state index contributed by atoms with van der Waals surface area (Å²) in [5.41, 5.74) is 0.442. The fourth-order valence-corrected chi connectivity index (χ4v) is 1.62. The molecule has 0 heterocycles. The van der Waals surface area contributed by atoms with Gasteiger partial charge in [-0.2, -0.15) is 0 Å². The minimum atomic E-state index is -0.507. The molecule has 0 fully saturated rings. The average Bonchev–Trinajstić information content (AvgIpc) is 2.31. The number of ketones is 1. The van der Waals surface area contributed by atoms with Gasteiger partial charge in [-0.15, -0.1) is 0 Å². The molecule has 0 atom stereocenters. The highest BCUT2D eigenvalue weighted by atomic mass is 79.9. The molecular weight excluding hydrogens is 290 g/mol. The van der Waals surface area contributed by atoms with Crippen molar-refractivity contribution in [2.45, 2.75) is 13.3 Å². The van der Waals surface area contributed by atoms with Crippen LogP contribution in [-0.2, 0) is 11.2 Å². The van der Waals surface area contributed by atoms with E-state index in [0.29, 0.717) is 12.2 Å². The predicted molar refractivity (Wildman–Crippen MR) is 66.8 cm³/mol. The largest absolute Gasteiger partial charge is 0.487 e. The zero-order valence-corrected chi connectivity index (χ0v) is 10.9. The summed E-state index contributed by atoms with van der Waals surface area (Å²) in [5, 5.41) is 11.1. The second kappa shape index (κ2) is 6.34. The van der Waals surface area contributed by atoms with Gasteiger partial charge in [0.25, 0.3) is 0 Å². The second-order valence-corrected chi connectivity index (χ2v) is 3.87. The maximum Gasteiger partial charge on any atom is 0.311 e. The van der Waals surface area contributed by atoms with Crippen molar-refractivity contribution in [3.63, 3.8) is 0 Å². The van der Waals surface area contributed by atoms with Crippen molar-refractivity contribution < 1.29 is 14.5 Å². The van der Waals surface area contributed by atoms with Crippen LogP contribution in [0.15, 0.2) is 18.2 Å². The van der Waals surface area contributed by atoms with Gasteiger partial charge in [0, 0.05) is 18.1 Å². The van der Waals surface area contributed by atoms with Crippen LogP contribution >= 0.6 is 15.9 Å². The van der Waals surface area contributed by atoms with Crippen molar-refractivity contribution in [1.82, 2.24) is 0 Å². The first-order valence-electron chi connectivity index (χ1n) is 5.06. The Hall–Kier alpha value is -1.43. The zero-order valence-electron chi connectivity index (χ0n) is 9.31. The molecule has 0 aliphatic rings. The molecular formula is C11H12BrNO4. The molecule has 0 aliphatic carbocycles.